The van der Waals surface area contributed by atoms with Gasteiger partial charge >= 0.3 is 0 Å². The molecule has 94 valence electrons. The largest absolute Gasteiger partial charge is 0.384 e. The molecule has 0 amide bonds. The van der Waals surface area contributed by atoms with Gasteiger partial charge < -0.3 is 10.8 Å². The summed E-state index contributed by atoms with van der Waals surface area (Å²) < 4.78 is 0. The van der Waals surface area contributed by atoms with Gasteiger partial charge in [-0.05, 0) is 50.2 Å². The second-order valence-corrected chi connectivity index (χ2v) is 5.74. The Labute approximate surface area is 103 Å². The third-order valence-corrected chi connectivity index (χ3v) is 3.68. The van der Waals surface area contributed by atoms with Gasteiger partial charge in [-0.25, -0.2) is 0 Å². The Morgan fingerprint density at radius 3 is 2.47 bits per heavy atom. The zero-order chi connectivity index (χ0) is 12.6. The molecule has 2 rings (SSSR count). The number of nitrogens with zero attached hydrogens (tertiary/aromatic N) is 1. The first-order valence-corrected chi connectivity index (χ1v) is 6.34. The van der Waals surface area contributed by atoms with Crippen LogP contribution in [0.25, 0.3) is 0 Å². The van der Waals surface area contributed by atoms with Crippen molar-refractivity contribution in [3.63, 3.8) is 0 Å². The Balaban J connectivity index is 2.11. The lowest BCUT2D eigenvalue weighted by molar-refractivity contribution is 0.0738. The second kappa shape index (κ2) is 4.39. The van der Waals surface area contributed by atoms with Gasteiger partial charge in [-0.1, -0.05) is 13.0 Å². The third kappa shape index (κ3) is 2.85. The lowest BCUT2D eigenvalue weighted by Crippen LogP contribution is -2.29. The molecular weight excluding hydrogens is 212 g/mol. The van der Waals surface area contributed by atoms with Crippen molar-refractivity contribution in [2.24, 2.45) is 11.7 Å². The number of nitrogens with two attached hydrogens (primary N) is 1. The summed E-state index contributed by atoms with van der Waals surface area (Å²) in [6.45, 7) is 5.65. The molecule has 0 spiro atoms. The zero-order valence-corrected chi connectivity index (χ0v) is 10.9. The van der Waals surface area contributed by atoms with E-state index < -0.39 is 5.60 Å². The molecule has 1 aliphatic carbocycles. The summed E-state index contributed by atoms with van der Waals surface area (Å²) >= 11 is 0. The molecule has 17 heavy (non-hydrogen) atoms. The molecule has 1 aromatic heterocycles. The fourth-order valence-corrected chi connectivity index (χ4v) is 2.15. The van der Waals surface area contributed by atoms with Crippen molar-refractivity contribution in [2.45, 2.75) is 51.2 Å². The van der Waals surface area contributed by atoms with E-state index in [0.29, 0.717) is 17.5 Å². The van der Waals surface area contributed by atoms with Gasteiger partial charge in [-0.2, -0.15) is 0 Å². The molecule has 0 saturated heterocycles. The van der Waals surface area contributed by atoms with Crippen LogP contribution in [0.4, 0.5) is 0 Å². The van der Waals surface area contributed by atoms with Crippen LogP contribution in [0.5, 0.6) is 0 Å². The number of aliphatic hydroxyl groups is 1. The van der Waals surface area contributed by atoms with Crippen molar-refractivity contribution < 1.29 is 5.11 Å². The minimum absolute atomic E-state index is 0.241. The van der Waals surface area contributed by atoms with E-state index in [1.807, 2.05) is 18.3 Å². The maximum absolute atomic E-state index is 9.84. The quantitative estimate of drug-likeness (QED) is 0.839. The van der Waals surface area contributed by atoms with E-state index in [1.165, 1.54) is 12.8 Å². The van der Waals surface area contributed by atoms with E-state index in [2.05, 4.69) is 11.9 Å². The molecule has 3 N–H and O–H groups in total. The molecule has 1 aromatic rings. The van der Waals surface area contributed by atoms with Crippen LogP contribution in [-0.2, 0) is 5.60 Å². The number of aromatic nitrogens is 1. The Bertz CT molecular complexity index is 376. The highest BCUT2D eigenvalue weighted by molar-refractivity contribution is 5.22. The molecule has 1 fully saturated rings. The van der Waals surface area contributed by atoms with Gasteiger partial charge in [0.2, 0.25) is 0 Å². The van der Waals surface area contributed by atoms with Crippen LogP contribution in [0.15, 0.2) is 18.3 Å². The molecule has 1 heterocycles. The van der Waals surface area contributed by atoms with Gasteiger partial charge in [-0.15, -0.1) is 0 Å². The van der Waals surface area contributed by atoms with Gasteiger partial charge in [0.1, 0.15) is 5.60 Å². The molecule has 0 radical (unpaired) electrons. The van der Waals surface area contributed by atoms with Gasteiger partial charge in [0.05, 0.1) is 5.69 Å². The van der Waals surface area contributed by atoms with Crippen LogP contribution in [0.1, 0.15) is 50.8 Å². The van der Waals surface area contributed by atoms with Crippen molar-refractivity contribution in [3.05, 3.63) is 29.6 Å². The van der Waals surface area contributed by atoms with E-state index in [9.17, 15) is 5.11 Å². The van der Waals surface area contributed by atoms with E-state index in [1.54, 1.807) is 13.8 Å². The van der Waals surface area contributed by atoms with Gasteiger partial charge in [0.15, 0.2) is 0 Å². The summed E-state index contributed by atoms with van der Waals surface area (Å²) in [6.07, 6.45) is 4.38. The Morgan fingerprint density at radius 2 is 2.06 bits per heavy atom. The fourth-order valence-electron chi connectivity index (χ4n) is 2.15. The van der Waals surface area contributed by atoms with Crippen LogP contribution in [0.2, 0.25) is 0 Å². The van der Waals surface area contributed by atoms with Crippen LogP contribution in [-0.4, -0.2) is 16.1 Å². The first-order valence-electron chi connectivity index (χ1n) is 6.34. The summed E-state index contributed by atoms with van der Waals surface area (Å²) in [7, 11) is 0. The Morgan fingerprint density at radius 1 is 1.41 bits per heavy atom. The molecule has 0 aliphatic heterocycles. The highest BCUT2D eigenvalue weighted by Crippen LogP contribution is 2.37. The lowest BCUT2D eigenvalue weighted by atomic mass is 9.91. The van der Waals surface area contributed by atoms with Crippen molar-refractivity contribution >= 4 is 0 Å². The molecule has 1 aliphatic rings. The Hall–Kier alpha value is -0.930. The average molecular weight is 234 g/mol. The van der Waals surface area contributed by atoms with Crippen molar-refractivity contribution in [2.75, 3.05) is 0 Å². The number of rotatable bonds is 4. The summed E-state index contributed by atoms with van der Waals surface area (Å²) in [5.74, 6) is 1.03. The standard InChI is InChI=1S/C14H22N2O/c1-9(13(15)10-4-5-10)11-6-7-12(16-8-11)14(2,3)17/h6-10,13,17H,4-5,15H2,1-3H3. The molecule has 3 heteroatoms. The van der Waals surface area contributed by atoms with Crippen molar-refractivity contribution in [1.82, 2.24) is 4.98 Å². The van der Waals surface area contributed by atoms with Gasteiger partial charge in [0, 0.05) is 12.2 Å². The van der Waals surface area contributed by atoms with Gasteiger partial charge in [0.25, 0.3) is 0 Å². The van der Waals surface area contributed by atoms with E-state index in [0.717, 1.165) is 5.56 Å². The zero-order valence-electron chi connectivity index (χ0n) is 10.9. The van der Waals surface area contributed by atoms with Crippen LogP contribution in [0, 0.1) is 5.92 Å². The van der Waals surface area contributed by atoms with Crippen molar-refractivity contribution in [1.29, 1.82) is 0 Å². The highest BCUT2D eigenvalue weighted by Gasteiger charge is 2.32. The minimum Gasteiger partial charge on any atom is -0.384 e. The summed E-state index contributed by atoms with van der Waals surface area (Å²) in [4.78, 5) is 4.33. The molecule has 0 aromatic carbocycles. The number of hydrogen-bond acceptors (Lipinski definition) is 3. The first-order chi connectivity index (χ1) is 7.89. The molecule has 1 saturated carbocycles. The van der Waals surface area contributed by atoms with E-state index in [-0.39, 0.29) is 6.04 Å². The molecule has 2 unspecified atom stereocenters. The second-order valence-electron chi connectivity index (χ2n) is 5.74. The highest BCUT2D eigenvalue weighted by atomic mass is 16.3. The average Bonchev–Trinajstić information content (AvgIpc) is 3.10. The molecular formula is C14H22N2O. The van der Waals surface area contributed by atoms with E-state index in [4.69, 9.17) is 5.73 Å². The van der Waals surface area contributed by atoms with Crippen LogP contribution >= 0.6 is 0 Å². The number of hydrogen-bond donors (Lipinski definition) is 2. The maximum Gasteiger partial charge on any atom is 0.101 e. The maximum atomic E-state index is 9.84. The summed E-state index contributed by atoms with van der Waals surface area (Å²) in [6, 6.07) is 4.17. The normalized spacial score (nSPS) is 20.1. The SMILES string of the molecule is CC(c1ccc(C(C)(C)O)nc1)C(N)C1CC1. The van der Waals surface area contributed by atoms with Crippen LogP contribution in [0.3, 0.4) is 0 Å². The topological polar surface area (TPSA) is 59.1 Å². The third-order valence-electron chi connectivity index (χ3n) is 3.68. The van der Waals surface area contributed by atoms with Gasteiger partial charge in [-0.3, -0.25) is 4.98 Å². The van der Waals surface area contributed by atoms with Crippen LogP contribution < -0.4 is 5.73 Å². The first kappa shape index (κ1) is 12.5. The van der Waals surface area contributed by atoms with E-state index >= 15 is 0 Å². The summed E-state index contributed by atoms with van der Waals surface area (Å²) in [5.41, 5.74) is 7.19. The number of pyridine rings is 1. The lowest BCUT2D eigenvalue weighted by Gasteiger charge is -2.21. The monoisotopic (exact) mass is 234 g/mol. The minimum atomic E-state index is -0.875. The molecule has 2 atom stereocenters. The predicted molar refractivity (Wildman–Crippen MR) is 68.6 cm³/mol. The fraction of sp³-hybridized carbons (Fsp3) is 0.643. The smallest absolute Gasteiger partial charge is 0.101 e. The molecule has 3 nitrogen and oxygen atoms in total. The Kier molecular flexibility index (Phi) is 3.23. The predicted octanol–water partition coefficient (Wildman–Crippen LogP) is 2.15. The summed E-state index contributed by atoms with van der Waals surface area (Å²) in [5, 5.41) is 9.84. The molecule has 0 bridgehead atoms. The van der Waals surface area contributed by atoms with Crippen molar-refractivity contribution in [3.8, 4) is 0 Å².